The molecule has 0 spiro atoms. The molecule has 3 heteroatoms. The fourth-order valence-corrected chi connectivity index (χ4v) is 1.67. The average Bonchev–Trinajstić information content (AvgIpc) is 2.62. The maximum absolute atomic E-state index is 3.27. The molecule has 0 bridgehead atoms. The van der Waals surface area contributed by atoms with E-state index in [4.69, 9.17) is 0 Å². The number of fused-ring (bicyclic) bond motifs is 3. The number of hydrogen-bond donors (Lipinski definition) is 2. The number of anilines is 1. The second kappa shape index (κ2) is 1.94. The molecule has 0 unspecified atom stereocenters. The monoisotopic (exact) mass is 159 g/mol. The maximum Gasteiger partial charge on any atom is 0.0848 e. The Labute approximate surface area is 69.7 Å². The van der Waals surface area contributed by atoms with Crippen LogP contribution in [-0.2, 0) is 0 Å². The van der Waals surface area contributed by atoms with Crippen molar-refractivity contribution >= 4 is 17.4 Å². The summed E-state index contributed by atoms with van der Waals surface area (Å²) in [6.45, 7) is 0.820. The standard InChI is InChI=1S/C9H9N3/c1-2-7-4-8-9(12(7)3-1)5-10-6-11-8/h1-5,10-11H,6H2. The molecule has 0 aromatic carbocycles. The van der Waals surface area contributed by atoms with Crippen molar-refractivity contribution in [2.75, 3.05) is 12.0 Å². The van der Waals surface area contributed by atoms with Crippen LogP contribution >= 0.6 is 0 Å². The van der Waals surface area contributed by atoms with Gasteiger partial charge in [-0.25, -0.2) is 0 Å². The first-order chi connectivity index (χ1) is 5.95. The molecule has 3 nitrogen and oxygen atoms in total. The predicted molar refractivity (Wildman–Crippen MR) is 48.7 cm³/mol. The van der Waals surface area contributed by atoms with E-state index in [1.54, 1.807) is 0 Å². The van der Waals surface area contributed by atoms with Crippen molar-refractivity contribution in [3.05, 3.63) is 29.7 Å². The van der Waals surface area contributed by atoms with E-state index in [9.17, 15) is 0 Å². The first-order valence-corrected chi connectivity index (χ1v) is 4.02. The van der Waals surface area contributed by atoms with E-state index < -0.39 is 0 Å². The molecule has 60 valence electrons. The predicted octanol–water partition coefficient (Wildman–Crippen LogP) is 0.369. The lowest BCUT2D eigenvalue weighted by Crippen LogP contribution is -2.29. The summed E-state index contributed by atoms with van der Waals surface area (Å²) in [4.78, 5) is 0. The third kappa shape index (κ3) is 0.605. The molecule has 1 aliphatic heterocycles. The molecule has 2 aromatic rings. The molecular formula is C9H9N3. The zero-order chi connectivity index (χ0) is 7.97. The third-order valence-electron chi connectivity index (χ3n) is 2.23. The molecule has 2 N–H and O–H groups in total. The summed E-state index contributed by atoms with van der Waals surface area (Å²) in [5.41, 5.74) is 2.46. The number of aromatic nitrogens is 1. The molecule has 3 heterocycles. The maximum atomic E-state index is 3.27. The molecule has 0 saturated carbocycles. The van der Waals surface area contributed by atoms with E-state index >= 15 is 0 Å². The van der Waals surface area contributed by atoms with Gasteiger partial charge in [-0.05, 0) is 18.2 Å². The molecule has 0 fully saturated rings. The Morgan fingerprint density at radius 1 is 1.42 bits per heavy atom. The molecule has 0 radical (unpaired) electrons. The van der Waals surface area contributed by atoms with Gasteiger partial charge in [-0.1, -0.05) is 0 Å². The normalized spacial score (nSPS) is 14.7. The highest BCUT2D eigenvalue weighted by Crippen LogP contribution is 2.10. The molecule has 0 atom stereocenters. The first kappa shape index (κ1) is 5.94. The number of rotatable bonds is 0. The topological polar surface area (TPSA) is 28.5 Å². The van der Waals surface area contributed by atoms with E-state index in [1.165, 1.54) is 16.6 Å². The Morgan fingerprint density at radius 3 is 3.42 bits per heavy atom. The fraction of sp³-hybridized carbons (Fsp3) is 0.111. The second-order valence-corrected chi connectivity index (χ2v) is 2.95. The van der Waals surface area contributed by atoms with E-state index in [-0.39, 0.29) is 0 Å². The molecule has 0 saturated heterocycles. The van der Waals surface area contributed by atoms with Crippen molar-refractivity contribution < 1.29 is 0 Å². The summed E-state index contributed by atoms with van der Waals surface area (Å²) >= 11 is 0. The Kier molecular flexibility index (Phi) is 0.961. The van der Waals surface area contributed by atoms with Crippen LogP contribution in [0.5, 0.6) is 0 Å². The minimum atomic E-state index is 0.820. The summed E-state index contributed by atoms with van der Waals surface area (Å²) in [5.74, 6) is 0. The molecule has 3 rings (SSSR count). The smallest absolute Gasteiger partial charge is 0.0848 e. The number of nitrogens with one attached hydrogen (secondary N) is 2. The molecular weight excluding hydrogens is 150 g/mol. The van der Waals surface area contributed by atoms with E-state index in [0.29, 0.717) is 0 Å². The van der Waals surface area contributed by atoms with Crippen molar-refractivity contribution in [2.24, 2.45) is 0 Å². The van der Waals surface area contributed by atoms with Crippen LogP contribution in [0, 0.1) is 0 Å². The summed E-state index contributed by atoms with van der Waals surface area (Å²) in [6.07, 6.45) is 4.11. The van der Waals surface area contributed by atoms with Crippen molar-refractivity contribution in [3.8, 4) is 0 Å². The molecule has 0 aliphatic carbocycles. The summed E-state index contributed by atoms with van der Waals surface area (Å²) in [6, 6.07) is 6.32. The zero-order valence-corrected chi connectivity index (χ0v) is 6.54. The Bertz CT molecular complexity index is 469. The van der Waals surface area contributed by atoms with E-state index in [0.717, 1.165) is 6.67 Å². The molecule has 0 amide bonds. The Balaban J connectivity index is 2.51. The van der Waals surface area contributed by atoms with Crippen LogP contribution in [0.1, 0.15) is 0 Å². The lowest BCUT2D eigenvalue weighted by atomic mass is 10.4. The van der Waals surface area contributed by atoms with Gasteiger partial charge in [0, 0.05) is 17.9 Å². The van der Waals surface area contributed by atoms with Crippen LogP contribution in [-0.4, -0.2) is 11.1 Å². The van der Waals surface area contributed by atoms with Gasteiger partial charge in [-0.2, -0.15) is 0 Å². The lowest BCUT2D eigenvalue weighted by molar-refractivity contribution is 0.939. The Hall–Kier alpha value is -1.64. The van der Waals surface area contributed by atoms with Gasteiger partial charge in [-0.15, -0.1) is 0 Å². The van der Waals surface area contributed by atoms with Gasteiger partial charge >= 0.3 is 0 Å². The summed E-state index contributed by atoms with van der Waals surface area (Å²) in [5, 5.41) is 7.64. The summed E-state index contributed by atoms with van der Waals surface area (Å²) in [7, 11) is 0. The van der Waals surface area contributed by atoms with Crippen LogP contribution in [0.15, 0.2) is 24.4 Å². The van der Waals surface area contributed by atoms with Crippen LogP contribution in [0.4, 0.5) is 5.69 Å². The molecule has 1 aliphatic rings. The van der Waals surface area contributed by atoms with Crippen LogP contribution in [0.2, 0.25) is 0 Å². The molecule has 2 aromatic heterocycles. The largest absolute Gasteiger partial charge is 0.372 e. The average molecular weight is 159 g/mol. The zero-order valence-electron chi connectivity index (χ0n) is 6.54. The van der Waals surface area contributed by atoms with Gasteiger partial charge in [0.1, 0.15) is 0 Å². The van der Waals surface area contributed by atoms with Gasteiger partial charge in [0.25, 0.3) is 0 Å². The highest BCUT2D eigenvalue weighted by Gasteiger charge is 2.05. The lowest BCUT2D eigenvalue weighted by Gasteiger charge is -2.09. The van der Waals surface area contributed by atoms with Gasteiger partial charge < -0.3 is 15.0 Å². The van der Waals surface area contributed by atoms with Gasteiger partial charge in [0.05, 0.1) is 17.7 Å². The molecule has 12 heavy (non-hydrogen) atoms. The van der Waals surface area contributed by atoms with Crippen molar-refractivity contribution in [1.29, 1.82) is 0 Å². The number of nitrogens with zero attached hydrogens (tertiary/aromatic N) is 1. The van der Waals surface area contributed by atoms with E-state index in [2.05, 4.69) is 39.4 Å². The Morgan fingerprint density at radius 2 is 2.42 bits per heavy atom. The van der Waals surface area contributed by atoms with Gasteiger partial charge in [-0.3, -0.25) is 0 Å². The SMILES string of the molecule is C1=c2c(cc3cccn23)NCN1. The van der Waals surface area contributed by atoms with Crippen molar-refractivity contribution in [3.63, 3.8) is 0 Å². The second-order valence-electron chi connectivity index (χ2n) is 2.95. The minimum Gasteiger partial charge on any atom is -0.372 e. The van der Waals surface area contributed by atoms with Crippen LogP contribution in [0.3, 0.4) is 0 Å². The highest BCUT2D eigenvalue weighted by molar-refractivity contribution is 5.64. The van der Waals surface area contributed by atoms with Gasteiger partial charge in [0.2, 0.25) is 0 Å². The number of hydrogen-bond acceptors (Lipinski definition) is 2. The highest BCUT2D eigenvalue weighted by atomic mass is 15.1. The van der Waals surface area contributed by atoms with E-state index in [1.807, 2.05) is 6.20 Å². The quantitative estimate of drug-likeness (QED) is 0.581. The van der Waals surface area contributed by atoms with Crippen LogP contribution < -0.4 is 16.0 Å². The third-order valence-corrected chi connectivity index (χ3v) is 2.23. The minimum absolute atomic E-state index is 0.820. The van der Waals surface area contributed by atoms with Gasteiger partial charge in [0.15, 0.2) is 0 Å². The summed E-state index contributed by atoms with van der Waals surface area (Å²) < 4.78 is 2.16. The van der Waals surface area contributed by atoms with Crippen molar-refractivity contribution in [1.82, 2.24) is 9.72 Å². The first-order valence-electron chi connectivity index (χ1n) is 4.02. The van der Waals surface area contributed by atoms with Crippen LogP contribution in [0.25, 0.3) is 11.7 Å². The fourth-order valence-electron chi connectivity index (χ4n) is 1.67. The van der Waals surface area contributed by atoms with Crippen molar-refractivity contribution in [2.45, 2.75) is 0 Å².